The Kier molecular flexibility index (Phi) is 7.47. The van der Waals surface area contributed by atoms with Crippen molar-refractivity contribution in [3.63, 3.8) is 0 Å². The van der Waals surface area contributed by atoms with Gasteiger partial charge < -0.3 is 14.0 Å². The van der Waals surface area contributed by atoms with E-state index >= 15 is 0 Å². The quantitative estimate of drug-likeness (QED) is 0.328. The number of amides is 1. The Morgan fingerprint density at radius 2 is 1.95 bits per heavy atom. The number of hydrogen-bond acceptors (Lipinski definition) is 8. The highest BCUT2D eigenvalue weighted by Crippen LogP contribution is 2.35. The lowest BCUT2D eigenvalue weighted by Gasteiger charge is -2.17. The Labute approximate surface area is 243 Å². The van der Waals surface area contributed by atoms with Crippen molar-refractivity contribution in [3.8, 4) is 17.1 Å². The van der Waals surface area contributed by atoms with Crippen LogP contribution < -0.4 is 10.1 Å². The highest BCUT2D eigenvalue weighted by Gasteiger charge is 2.22. The lowest BCUT2D eigenvalue weighted by molar-refractivity contribution is 0.102. The molecule has 1 aromatic carbocycles. The number of aryl methyl sites for hydroxylation is 2. The molecule has 0 saturated carbocycles. The molecule has 0 aliphatic carbocycles. The van der Waals surface area contributed by atoms with Crippen LogP contribution in [0.3, 0.4) is 0 Å². The molecule has 0 spiro atoms. The van der Waals surface area contributed by atoms with Crippen molar-refractivity contribution >= 4 is 49.9 Å². The number of imidazole rings is 1. The number of nitrogens with one attached hydrogen (secondary N) is 1. The van der Waals surface area contributed by atoms with E-state index in [1.807, 2.05) is 24.6 Å². The van der Waals surface area contributed by atoms with Gasteiger partial charge in [-0.2, -0.15) is 9.46 Å². The van der Waals surface area contributed by atoms with E-state index < -0.39 is 9.73 Å². The Morgan fingerprint density at radius 1 is 1.15 bits per heavy atom. The second-order valence-corrected chi connectivity index (χ2v) is 13.6. The van der Waals surface area contributed by atoms with Gasteiger partial charge in [0.15, 0.2) is 0 Å². The second kappa shape index (κ2) is 11.1. The van der Waals surface area contributed by atoms with Crippen LogP contribution in [0.5, 0.6) is 5.88 Å². The summed E-state index contributed by atoms with van der Waals surface area (Å²) in [6, 6.07) is 7.02. The van der Waals surface area contributed by atoms with E-state index in [0.717, 1.165) is 23.9 Å². The molecular weight excluding hydrogens is 566 g/mol. The van der Waals surface area contributed by atoms with E-state index in [4.69, 9.17) is 26.1 Å². The SMILES string of the molecule is Cc1cc2cc(n1)-c1cnn(C)c1OCCC[C@@H](C)Cn1c(nc3cc(Cl)c(N=S4(=O)CCOCC4)cc31)NC2=O. The second-order valence-electron chi connectivity index (χ2n) is 10.6. The first-order chi connectivity index (χ1) is 19.7. The monoisotopic (exact) mass is 597 g/mol. The fraction of sp³-hybridized carbons (Fsp3) is 0.429. The Bertz CT molecular complexity index is 1760. The Morgan fingerprint density at radius 3 is 2.76 bits per heavy atom. The normalized spacial score (nSPS) is 19.3. The van der Waals surface area contributed by atoms with Gasteiger partial charge in [-0.25, -0.2) is 13.9 Å². The summed E-state index contributed by atoms with van der Waals surface area (Å²) in [5, 5.41) is 7.75. The van der Waals surface area contributed by atoms with E-state index in [1.165, 1.54) is 0 Å². The average Bonchev–Trinajstić information content (AvgIpc) is 3.45. The molecule has 1 N–H and O–H groups in total. The van der Waals surface area contributed by atoms with Gasteiger partial charge in [0.05, 0.1) is 80.3 Å². The minimum absolute atomic E-state index is 0.232. The molecule has 2 aliphatic rings. The molecule has 1 atom stereocenters. The van der Waals surface area contributed by atoms with Gasteiger partial charge in [-0.3, -0.25) is 15.1 Å². The van der Waals surface area contributed by atoms with E-state index in [9.17, 15) is 9.00 Å². The van der Waals surface area contributed by atoms with Crippen LogP contribution in [0.4, 0.5) is 11.6 Å². The van der Waals surface area contributed by atoms with Gasteiger partial charge in [-0.1, -0.05) is 18.5 Å². The number of anilines is 1. The lowest BCUT2D eigenvalue weighted by atomic mass is 10.1. The van der Waals surface area contributed by atoms with Crippen LogP contribution in [0.15, 0.2) is 34.8 Å². The molecule has 216 valence electrons. The van der Waals surface area contributed by atoms with Gasteiger partial charge in [0.2, 0.25) is 11.8 Å². The zero-order valence-electron chi connectivity index (χ0n) is 23.2. The average molecular weight is 598 g/mol. The molecule has 1 amide bonds. The van der Waals surface area contributed by atoms with Gasteiger partial charge in [0, 0.05) is 24.8 Å². The van der Waals surface area contributed by atoms with Crippen LogP contribution in [0.1, 0.15) is 35.8 Å². The summed E-state index contributed by atoms with van der Waals surface area (Å²) in [6.07, 6.45) is 3.41. The highest BCUT2D eigenvalue weighted by atomic mass is 35.5. The molecule has 2 bridgehead atoms. The van der Waals surface area contributed by atoms with Crippen molar-refractivity contribution in [2.75, 3.05) is 36.6 Å². The summed E-state index contributed by atoms with van der Waals surface area (Å²) < 4.78 is 33.1. The number of hydrogen-bond donors (Lipinski definition) is 1. The third kappa shape index (κ3) is 5.68. The number of fused-ring (bicyclic) bond motifs is 7. The maximum Gasteiger partial charge on any atom is 0.258 e. The molecule has 0 radical (unpaired) electrons. The third-order valence-electron chi connectivity index (χ3n) is 7.35. The number of aromatic nitrogens is 5. The first kappa shape index (κ1) is 27.7. The number of rotatable bonds is 1. The Hall–Kier alpha value is -3.48. The van der Waals surface area contributed by atoms with Crippen LogP contribution in [0, 0.1) is 12.8 Å². The van der Waals surface area contributed by atoms with Crippen molar-refractivity contribution in [1.82, 2.24) is 24.3 Å². The van der Waals surface area contributed by atoms with E-state index in [0.29, 0.717) is 82.9 Å². The van der Waals surface area contributed by atoms with Gasteiger partial charge in [0.1, 0.15) is 0 Å². The summed E-state index contributed by atoms with van der Waals surface area (Å²) in [5.41, 5.74) is 4.30. The number of carbonyl (C=O) groups is 1. The molecule has 1 fully saturated rings. The number of nitrogens with zero attached hydrogens (tertiary/aromatic N) is 6. The smallest absolute Gasteiger partial charge is 0.258 e. The summed E-state index contributed by atoms with van der Waals surface area (Å²) in [5.74, 6) is 1.68. The maximum atomic E-state index is 13.6. The van der Waals surface area contributed by atoms with Crippen molar-refractivity contribution in [2.45, 2.75) is 33.2 Å². The predicted molar refractivity (Wildman–Crippen MR) is 159 cm³/mol. The van der Waals surface area contributed by atoms with Crippen LogP contribution in [0.25, 0.3) is 22.3 Å². The molecule has 5 heterocycles. The molecule has 11 nitrogen and oxygen atoms in total. The summed E-state index contributed by atoms with van der Waals surface area (Å²) >= 11 is 6.61. The molecule has 41 heavy (non-hydrogen) atoms. The molecule has 3 aromatic heterocycles. The standard InChI is InChI=1S/C28H32ClN7O4S/c1-17-5-4-6-40-27-20(15-30-35(27)3)22-12-19(11-18(2)31-22)26(37)33-28-32-24-13-21(29)23(14-25(24)36(28)16-17)34-41(38)9-7-39-8-10-41/h11-15,17H,4-10,16H2,1-3H3,(H,32,33,37)/t17-/m1/s1. The minimum Gasteiger partial charge on any atom is -0.477 e. The first-order valence-electron chi connectivity index (χ1n) is 13.6. The number of carbonyl (C=O) groups excluding carboxylic acids is 1. The Balaban J connectivity index is 1.45. The number of ether oxygens (including phenoxy) is 2. The highest BCUT2D eigenvalue weighted by molar-refractivity contribution is 7.93. The van der Waals surface area contributed by atoms with Crippen molar-refractivity contribution in [2.24, 2.45) is 17.3 Å². The van der Waals surface area contributed by atoms with Crippen molar-refractivity contribution < 1.29 is 18.5 Å². The number of pyridine rings is 1. The van der Waals surface area contributed by atoms with Gasteiger partial charge >= 0.3 is 0 Å². The van der Waals surface area contributed by atoms with E-state index in [1.54, 1.807) is 29.1 Å². The van der Waals surface area contributed by atoms with Crippen LogP contribution in [-0.4, -0.2) is 65.8 Å². The summed E-state index contributed by atoms with van der Waals surface area (Å²) in [4.78, 5) is 23.0. The molecule has 6 rings (SSSR count). The van der Waals surface area contributed by atoms with Gasteiger partial charge in [-0.15, -0.1) is 0 Å². The predicted octanol–water partition coefficient (Wildman–Crippen LogP) is 4.98. The zero-order chi connectivity index (χ0) is 28.7. The number of halogens is 1. The maximum absolute atomic E-state index is 13.6. The van der Waals surface area contributed by atoms with Gasteiger partial charge in [0.25, 0.3) is 5.91 Å². The molecular formula is C28H32ClN7O4S. The largest absolute Gasteiger partial charge is 0.477 e. The van der Waals surface area contributed by atoms with Crippen molar-refractivity contribution in [3.05, 3.63) is 46.7 Å². The summed E-state index contributed by atoms with van der Waals surface area (Å²) in [6.45, 7) is 5.93. The lowest BCUT2D eigenvalue weighted by Crippen LogP contribution is -2.25. The third-order valence-corrected chi connectivity index (χ3v) is 9.79. The van der Waals surface area contributed by atoms with Crippen molar-refractivity contribution in [1.29, 1.82) is 0 Å². The minimum atomic E-state index is -2.47. The summed E-state index contributed by atoms with van der Waals surface area (Å²) in [7, 11) is -0.639. The zero-order valence-corrected chi connectivity index (χ0v) is 24.8. The fourth-order valence-corrected chi connectivity index (χ4v) is 7.13. The molecule has 1 saturated heterocycles. The van der Waals surface area contributed by atoms with E-state index in [-0.39, 0.29) is 11.8 Å². The molecule has 13 heteroatoms. The van der Waals surface area contributed by atoms with E-state index in [2.05, 4.69) is 26.7 Å². The molecule has 2 aliphatic heterocycles. The van der Waals surface area contributed by atoms with Crippen LogP contribution in [0.2, 0.25) is 5.02 Å². The first-order valence-corrected chi connectivity index (χ1v) is 15.9. The fourth-order valence-electron chi connectivity index (χ4n) is 5.23. The van der Waals surface area contributed by atoms with Crippen LogP contribution in [-0.2, 0) is 28.1 Å². The molecule has 4 aromatic rings. The van der Waals surface area contributed by atoms with Gasteiger partial charge in [-0.05, 0) is 49.9 Å². The topological polar surface area (TPSA) is 126 Å². The molecule has 0 unspecified atom stereocenters. The number of benzene rings is 1. The van der Waals surface area contributed by atoms with Crippen LogP contribution >= 0.6 is 11.6 Å².